The summed E-state index contributed by atoms with van der Waals surface area (Å²) in [7, 11) is 0. The number of hydrogen-bond donors (Lipinski definition) is 0. The molecule has 4 aliphatic carbocycles. The summed E-state index contributed by atoms with van der Waals surface area (Å²) in [5, 5.41) is 0. The predicted molar refractivity (Wildman–Crippen MR) is 191 cm³/mol. The molecule has 49 heavy (non-hydrogen) atoms. The molecular formula is C44H62F4O. The van der Waals surface area contributed by atoms with Gasteiger partial charge in [-0.05, 0) is 137 Å². The van der Waals surface area contributed by atoms with E-state index in [0.29, 0.717) is 11.8 Å². The van der Waals surface area contributed by atoms with E-state index in [0.717, 1.165) is 87.2 Å². The van der Waals surface area contributed by atoms with Crippen LogP contribution in [0.1, 0.15) is 166 Å². The van der Waals surface area contributed by atoms with Crippen LogP contribution in [-0.2, 0) is 4.74 Å². The molecular weight excluding hydrogens is 620 g/mol. The summed E-state index contributed by atoms with van der Waals surface area (Å²) in [6, 6.07) is 8.72. The van der Waals surface area contributed by atoms with Gasteiger partial charge in [0.2, 0.25) is 0 Å². The third-order valence-corrected chi connectivity index (χ3v) is 13.9. The Hall–Kier alpha value is -1.88. The lowest BCUT2D eigenvalue weighted by Crippen LogP contribution is -2.32. The van der Waals surface area contributed by atoms with E-state index in [1.165, 1.54) is 77.0 Å². The van der Waals surface area contributed by atoms with Gasteiger partial charge in [-0.2, -0.15) is 0 Å². The molecule has 5 heteroatoms. The van der Waals surface area contributed by atoms with E-state index in [1.54, 1.807) is 24.3 Å². The van der Waals surface area contributed by atoms with Crippen LogP contribution in [0, 0.1) is 70.6 Å². The van der Waals surface area contributed by atoms with Crippen molar-refractivity contribution < 1.29 is 22.3 Å². The summed E-state index contributed by atoms with van der Waals surface area (Å²) in [6.07, 6.45) is 22.1. The van der Waals surface area contributed by atoms with Crippen LogP contribution >= 0.6 is 0 Å². The van der Waals surface area contributed by atoms with E-state index in [4.69, 9.17) is 4.74 Å². The molecule has 2 aromatic carbocycles. The zero-order valence-corrected chi connectivity index (χ0v) is 30.3. The molecule has 0 N–H and O–H groups in total. The summed E-state index contributed by atoms with van der Waals surface area (Å²) in [4.78, 5) is 0. The van der Waals surface area contributed by atoms with Crippen molar-refractivity contribution in [1.82, 2.24) is 0 Å². The highest BCUT2D eigenvalue weighted by Gasteiger charge is 2.40. The maximum absolute atomic E-state index is 15.7. The standard InChI is InChI=1S/C44H62F4O/c1-3-7-29-13-17-31(18-14-29)33-21-25-35(26-22-33)43(37-9-5-11-39(45)41(37)47)49-44(38-10-6-12-40(46)42(38)48)36-27-23-34(24-28-36)32-19-15-30(8-4-2)16-20-32/h5-6,9-12,29-36,43-44H,3-4,7-8,13-28H2,1-2H3/t29-,30-,31-,32-,33-,34-,35-,36-,43?,44?. The average Bonchev–Trinajstić information content (AvgIpc) is 3.13. The highest BCUT2D eigenvalue weighted by atomic mass is 19.2. The van der Waals surface area contributed by atoms with Crippen LogP contribution in [0.25, 0.3) is 0 Å². The van der Waals surface area contributed by atoms with Crippen molar-refractivity contribution in [3.05, 3.63) is 70.8 Å². The molecule has 0 bridgehead atoms. The third kappa shape index (κ3) is 8.96. The first-order valence-electron chi connectivity index (χ1n) is 20.4. The van der Waals surface area contributed by atoms with Crippen LogP contribution < -0.4 is 0 Å². The van der Waals surface area contributed by atoms with Crippen LogP contribution in [0.4, 0.5) is 17.6 Å². The number of hydrogen-bond acceptors (Lipinski definition) is 1. The quantitative estimate of drug-likeness (QED) is 0.203. The smallest absolute Gasteiger partial charge is 0.164 e. The van der Waals surface area contributed by atoms with Crippen molar-refractivity contribution in [2.24, 2.45) is 47.3 Å². The molecule has 2 unspecified atom stereocenters. The van der Waals surface area contributed by atoms with Crippen LogP contribution in [0.2, 0.25) is 0 Å². The lowest BCUT2D eigenvalue weighted by molar-refractivity contribution is -0.0962. The van der Waals surface area contributed by atoms with Gasteiger partial charge < -0.3 is 4.74 Å². The van der Waals surface area contributed by atoms with E-state index in [1.807, 2.05) is 0 Å². The van der Waals surface area contributed by atoms with Crippen molar-refractivity contribution >= 4 is 0 Å². The summed E-state index contributed by atoms with van der Waals surface area (Å²) in [5.41, 5.74) is 0.450. The molecule has 4 aliphatic rings. The lowest BCUT2D eigenvalue weighted by atomic mass is 9.67. The van der Waals surface area contributed by atoms with Crippen LogP contribution in [0.5, 0.6) is 0 Å². The SMILES string of the molecule is CCC[C@H]1CC[C@H]([C@H]2CC[C@H](C(OC(c3cccc(F)c3F)[C@H]3CC[C@H]([C@H]4CC[C@H](CCC)CC4)CC3)c3cccc(F)c3F)CC2)CC1. The van der Waals surface area contributed by atoms with E-state index < -0.39 is 35.5 Å². The minimum Gasteiger partial charge on any atom is -0.365 e. The van der Waals surface area contributed by atoms with E-state index in [-0.39, 0.29) is 23.0 Å². The number of benzene rings is 2. The molecule has 0 radical (unpaired) electrons. The maximum Gasteiger partial charge on any atom is 0.164 e. The van der Waals surface area contributed by atoms with E-state index in [2.05, 4.69) is 13.8 Å². The van der Waals surface area contributed by atoms with Gasteiger partial charge in [-0.3, -0.25) is 0 Å². The second kappa shape index (κ2) is 17.6. The fourth-order valence-electron chi connectivity index (χ4n) is 11.1. The van der Waals surface area contributed by atoms with Crippen molar-refractivity contribution in [1.29, 1.82) is 0 Å². The molecule has 2 aromatic rings. The summed E-state index contributed by atoms with van der Waals surface area (Å²) >= 11 is 0. The van der Waals surface area contributed by atoms with Crippen LogP contribution in [0.15, 0.2) is 36.4 Å². The first-order chi connectivity index (χ1) is 23.9. The lowest BCUT2D eigenvalue weighted by Gasteiger charge is -2.43. The Balaban J connectivity index is 1.19. The van der Waals surface area contributed by atoms with Crippen LogP contribution in [0.3, 0.4) is 0 Å². The second-order valence-electron chi connectivity index (χ2n) is 16.8. The number of rotatable bonds is 12. The second-order valence-corrected chi connectivity index (χ2v) is 16.8. The fraction of sp³-hybridized carbons (Fsp3) is 0.727. The molecule has 6 rings (SSSR count). The van der Waals surface area contributed by atoms with E-state index in [9.17, 15) is 8.78 Å². The summed E-state index contributed by atoms with van der Waals surface area (Å²) in [6.45, 7) is 4.57. The maximum atomic E-state index is 15.7. The molecule has 1 nitrogen and oxygen atoms in total. The molecule has 0 heterocycles. The number of ether oxygens (including phenoxy) is 1. The minimum absolute atomic E-state index is 0.00209. The fourth-order valence-corrected chi connectivity index (χ4v) is 11.1. The van der Waals surface area contributed by atoms with Crippen LogP contribution in [-0.4, -0.2) is 0 Å². The topological polar surface area (TPSA) is 9.23 Å². The molecule has 0 aromatic heterocycles. The first-order valence-corrected chi connectivity index (χ1v) is 20.4. The van der Waals surface area contributed by atoms with Gasteiger partial charge in [0.15, 0.2) is 23.3 Å². The van der Waals surface area contributed by atoms with Crippen molar-refractivity contribution in [3.63, 3.8) is 0 Å². The first kappa shape index (κ1) is 36.9. The molecule has 0 amide bonds. The van der Waals surface area contributed by atoms with Gasteiger partial charge in [0.25, 0.3) is 0 Å². The summed E-state index contributed by atoms with van der Waals surface area (Å²) in [5.74, 6) is 1.09. The Kier molecular flexibility index (Phi) is 13.2. The van der Waals surface area contributed by atoms with Gasteiger partial charge in [0.1, 0.15) is 0 Å². The predicted octanol–water partition coefficient (Wildman–Crippen LogP) is 13.9. The van der Waals surface area contributed by atoms with Gasteiger partial charge in [0.05, 0.1) is 12.2 Å². The largest absolute Gasteiger partial charge is 0.365 e. The normalized spacial score (nSPS) is 32.4. The molecule has 2 atom stereocenters. The van der Waals surface area contributed by atoms with Crippen molar-refractivity contribution in [2.45, 2.75) is 154 Å². The monoisotopic (exact) mass is 682 g/mol. The Morgan fingerprint density at radius 2 is 0.816 bits per heavy atom. The molecule has 272 valence electrons. The van der Waals surface area contributed by atoms with Gasteiger partial charge >= 0.3 is 0 Å². The molecule has 4 fully saturated rings. The average molecular weight is 683 g/mol. The molecule has 0 saturated heterocycles. The Morgan fingerprint density at radius 3 is 1.14 bits per heavy atom. The van der Waals surface area contributed by atoms with E-state index >= 15 is 8.78 Å². The highest BCUT2D eigenvalue weighted by Crippen LogP contribution is 2.51. The zero-order valence-electron chi connectivity index (χ0n) is 30.3. The Morgan fingerprint density at radius 1 is 0.490 bits per heavy atom. The van der Waals surface area contributed by atoms with Gasteiger partial charge in [-0.15, -0.1) is 0 Å². The number of halogens is 4. The molecule has 0 aliphatic heterocycles. The molecule has 4 saturated carbocycles. The Bertz CT molecular complexity index is 1200. The van der Waals surface area contributed by atoms with Gasteiger partial charge in [-0.25, -0.2) is 17.6 Å². The summed E-state index contributed by atoms with van der Waals surface area (Å²) < 4.78 is 67.9. The zero-order chi connectivity index (χ0) is 34.3. The van der Waals surface area contributed by atoms with Crippen molar-refractivity contribution in [2.75, 3.05) is 0 Å². The Labute approximate surface area is 294 Å². The molecule has 0 spiro atoms. The van der Waals surface area contributed by atoms with Gasteiger partial charge in [0, 0.05) is 11.1 Å². The minimum atomic E-state index is -0.883. The van der Waals surface area contributed by atoms with Gasteiger partial charge in [-0.1, -0.05) is 89.5 Å². The van der Waals surface area contributed by atoms with Crippen molar-refractivity contribution in [3.8, 4) is 0 Å². The third-order valence-electron chi connectivity index (χ3n) is 13.9. The highest BCUT2D eigenvalue weighted by molar-refractivity contribution is 5.25.